The first-order valence-electron chi connectivity index (χ1n) is 6.76. The summed E-state index contributed by atoms with van der Waals surface area (Å²) in [4.78, 5) is 23.2. The maximum atomic E-state index is 11.7. The van der Waals surface area contributed by atoms with E-state index in [1.54, 1.807) is 14.0 Å². The fraction of sp³-hybridized carbons (Fsp3) is 0.467. The molecule has 1 unspecified atom stereocenters. The lowest BCUT2D eigenvalue weighted by molar-refractivity contribution is -0.128. The second-order valence-electron chi connectivity index (χ2n) is 4.53. The maximum absolute atomic E-state index is 11.7. The zero-order valence-corrected chi connectivity index (χ0v) is 12.2. The number of carbonyl (C=O) groups excluding carboxylic acids is 2. The lowest BCUT2D eigenvalue weighted by Gasteiger charge is -2.13. The van der Waals surface area contributed by atoms with Gasteiger partial charge in [0.2, 0.25) is 11.8 Å². The van der Waals surface area contributed by atoms with Crippen LogP contribution in [0.4, 0.5) is 0 Å². The first-order chi connectivity index (χ1) is 9.56. The molecule has 0 aliphatic heterocycles. The summed E-state index contributed by atoms with van der Waals surface area (Å²) in [7, 11) is 1.62. The number of carbonyl (C=O) groups is 2. The highest BCUT2D eigenvalue weighted by atomic mass is 16.5. The van der Waals surface area contributed by atoms with Crippen LogP contribution in [0.5, 0.6) is 5.75 Å². The third-order valence-electron chi connectivity index (χ3n) is 2.92. The van der Waals surface area contributed by atoms with Gasteiger partial charge in [-0.1, -0.05) is 12.1 Å². The van der Waals surface area contributed by atoms with Gasteiger partial charge >= 0.3 is 0 Å². The highest BCUT2D eigenvalue weighted by Crippen LogP contribution is 2.12. The van der Waals surface area contributed by atoms with Crippen LogP contribution in [0, 0.1) is 0 Å². The summed E-state index contributed by atoms with van der Waals surface area (Å²) in [6.45, 7) is 4.08. The fourth-order valence-corrected chi connectivity index (χ4v) is 1.76. The van der Waals surface area contributed by atoms with Gasteiger partial charge in [-0.3, -0.25) is 9.59 Å². The van der Waals surface area contributed by atoms with Gasteiger partial charge in [-0.15, -0.1) is 0 Å². The van der Waals surface area contributed by atoms with Crippen molar-refractivity contribution in [1.29, 1.82) is 0 Å². The molecular formula is C15H22N2O3. The van der Waals surface area contributed by atoms with E-state index in [4.69, 9.17) is 4.74 Å². The van der Waals surface area contributed by atoms with Crippen molar-refractivity contribution >= 4 is 11.8 Å². The number of methoxy groups -OCH3 is 1. The molecule has 0 saturated heterocycles. The molecule has 0 spiro atoms. The number of likely N-dealkylation sites (N-methyl/N-ethyl adjacent to an activating group) is 1. The molecule has 2 amide bonds. The molecule has 0 saturated carbocycles. The van der Waals surface area contributed by atoms with Crippen LogP contribution in [0.1, 0.15) is 25.8 Å². The van der Waals surface area contributed by atoms with Gasteiger partial charge in [-0.05, 0) is 38.0 Å². The number of ether oxygens (including phenoxy) is 1. The molecule has 0 aliphatic rings. The van der Waals surface area contributed by atoms with Crippen molar-refractivity contribution < 1.29 is 14.3 Å². The van der Waals surface area contributed by atoms with Crippen LogP contribution < -0.4 is 15.4 Å². The Morgan fingerprint density at radius 3 is 2.45 bits per heavy atom. The van der Waals surface area contributed by atoms with Gasteiger partial charge in [0, 0.05) is 13.0 Å². The Morgan fingerprint density at radius 2 is 1.90 bits per heavy atom. The normalized spacial score (nSPS) is 11.6. The SMILES string of the molecule is CCNC(=O)C(C)NC(=O)CCc1ccc(OC)cc1. The van der Waals surface area contributed by atoms with Crippen molar-refractivity contribution in [2.24, 2.45) is 0 Å². The lowest BCUT2D eigenvalue weighted by atomic mass is 10.1. The van der Waals surface area contributed by atoms with Crippen LogP contribution in [0.15, 0.2) is 24.3 Å². The average Bonchev–Trinajstić information content (AvgIpc) is 2.45. The van der Waals surface area contributed by atoms with Crippen molar-refractivity contribution in [2.75, 3.05) is 13.7 Å². The number of hydrogen-bond acceptors (Lipinski definition) is 3. The molecule has 110 valence electrons. The monoisotopic (exact) mass is 278 g/mol. The minimum atomic E-state index is -0.502. The van der Waals surface area contributed by atoms with Crippen molar-refractivity contribution in [1.82, 2.24) is 10.6 Å². The van der Waals surface area contributed by atoms with Crippen LogP contribution in [-0.2, 0) is 16.0 Å². The second kappa shape index (κ2) is 8.19. The molecule has 0 aliphatic carbocycles. The van der Waals surface area contributed by atoms with Gasteiger partial charge in [0.15, 0.2) is 0 Å². The van der Waals surface area contributed by atoms with Gasteiger partial charge in [-0.2, -0.15) is 0 Å². The first-order valence-corrected chi connectivity index (χ1v) is 6.76. The van der Waals surface area contributed by atoms with Crippen LogP contribution in [-0.4, -0.2) is 31.5 Å². The standard InChI is InChI=1S/C15H22N2O3/c1-4-16-15(19)11(2)17-14(18)10-7-12-5-8-13(20-3)9-6-12/h5-6,8-9,11H,4,7,10H2,1-3H3,(H,16,19)(H,17,18). The van der Waals surface area contributed by atoms with E-state index in [1.807, 2.05) is 31.2 Å². The predicted octanol–water partition coefficient (Wildman–Crippen LogP) is 1.27. The third kappa shape index (κ3) is 5.30. The third-order valence-corrected chi connectivity index (χ3v) is 2.92. The summed E-state index contributed by atoms with van der Waals surface area (Å²) in [5, 5.41) is 5.35. The van der Waals surface area contributed by atoms with Crippen molar-refractivity contribution in [3.8, 4) is 5.75 Å². The van der Waals surface area contributed by atoms with Crippen LogP contribution in [0.3, 0.4) is 0 Å². The molecule has 0 heterocycles. The Balaban J connectivity index is 2.37. The molecule has 1 atom stereocenters. The zero-order chi connectivity index (χ0) is 15.0. The van der Waals surface area contributed by atoms with Crippen LogP contribution >= 0.6 is 0 Å². The molecule has 0 bridgehead atoms. The summed E-state index contributed by atoms with van der Waals surface area (Å²) in [6, 6.07) is 7.09. The Morgan fingerprint density at radius 1 is 1.25 bits per heavy atom. The number of nitrogens with one attached hydrogen (secondary N) is 2. The van der Waals surface area contributed by atoms with E-state index in [1.165, 1.54) is 0 Å². The molecule has 5 nitrogen and oxygen atoms in total. The molecule has 0 fully saturated rings. The minimum Gasteiger partial charge on any atom is -0.497 e. The number of benzene rings is 1. The van der Waals surface area contributed by atoms with Crippen molar-refractivity contribution in [3.63, 3.8) is 0 Å². The molecule has 0 radical (unpaired) electrons. The lowest BCUT2D eigenvalue weighted by Crippen LogP contribution is -2.44. The second-order valence-corrected chi connectivity index (χ2v) is 4.53. The molecule has 20 heavy (non-hydrogen) atoms. The molecule has 5 heteroatoms. The van der Waals surface area contributed by atoms with E-state index in [2.05, 4.69) is 10.6 Å². The van der Waals surface area contributed by atoms with E-state index in [9.17, 15) is 9.59 Å². The number of aryl methyl sites for hydroxylation is 1. The Kier molecular flexibility index (Phi) is 6.56. The molecule has 1 rings (SSSR count). The smallest absolute Gasteiger partial charge is 0.242 e. The topological polar surface area (TPSA) is 67.4 Å². The van der Waals surface area contributed by atoms with Crippen LogP contribution in [0.25, 0.3) is 0 Å². The van der Waals surface area contributed by atoms with E-state index >= 15 is 0 Å². The molecule has 2 N–H and O–H groups in total. The summed E-state index contributed by atoms with van der Waals surface area (Å²) >= 11 is 0. The first kappa shape index (κ1) is 16.0. The fourth-order valence-electron chi connectivity index (χ4n) is 1.76. The quantitative estimate of drug-likeness (QED) is 0.789. The van der Waals surface area contributed by atoms with E-state index in [-0.39, 0.29) is 11.8 Å². The van der Waals surface area contributed by atoms with Gasteiger partial charge in [0.05, 0.1) is 7.11 Å². The molecule has 1 aromatic rings. The van der Waals surface area contributed by atoms with Crippen molar-refractivity contribution in [3.05, 3.63) is 29.8 Å². The maximum Gasteiger partial charge on any atom is 0.242 e. The number of hydrogen-bond donors (Lipinski definition) is 2. The van der Waals surface area contributed by atoms with Gasteiger partial charge in [0.25, 0.3) is 0 Å². The average molecular weight is 278 g/mol. The highest BCUT2D eigenvalue weighted by molar-refractivity contribution is 5.87. The van der Waals surface area contributed by atoms with Gasteiger partial charge < -0.3 is 15.4 Å². The molecule has 1 aromatic carbocycles. The predicted molar refractivity (Wildman–Crippen MR) is 77.6 cm³/mol. The largest absolute Gasteiger partial charge is 0.497 e. The van der Waals surface area contributed by atoms with E-state index in [0.717, 1.165) is 11.3 Å². The minimum absolute atomic E-state index is 0.125. The summed E-state index contributed by atoms with van der Waals surface area (Å²) < 4.78 is 5.07. The Labute approximate surface area is 119 Å². The number of amides is 2. The summed E-state index contributed by atoms with van der Waals surface area (Å²) in [6.07, 6.45) is 0.994. The van der Waals surface area contributed by atoms with Crippen LogP contribution in [0.2, 0.25) is 0 Å². The Bertz CT molecular complexity index is 443. The van der Waals surface area contributed by atoms with E-state index < -0.39 is 6.04 Å². The van der Waals surface area contributed by atoms with Gasteiger partial charge in [-0.25, -0.2) is 0 Å². The zero-order valence-electron chi connectivity index (χ0n) is 12.2. The Hall–Kier alpha value is -2.04. The molecular weight excluding hydrogens is 256 g/mol. The number of rotatable bonds is 7. The summed E-state index contributed by atoms with van der Waals surface area (Å²) in [5.41, 5.74) is 1.06. The van der Waals surface area contributed by atoms with E-state index in [0.29, 0.717) is 19.4 Å². The molecule has 0 aromatic heterocycles. The van der Waals surface area contributed by atoms with Gasteiger partial charge in [0.1, 0.15) is 11.8 Å². The van der Waals surface area contributed by atoms with Crippen molar-refractivity contribution in [2.45, 2.75) is 32.7 Å². The highest BCUT2D eigenvalue weighted by Gasteiger charge is 2.14. The summed E-state index contributed by atoms with van der Waals surface area (Å²) in [5.74, 6) is 0.507.